The number of ether oxygens (including phenoxy) is 2. The smallest absolute Gasteiger partial charge is 0.344 e. The van der Waals surface area contributed by atoms with E-state index in [1.54, 1.807) is 18.2 Å². The molecule has 0 unspecified atom stereocenters. The van der Waals surface area contributed by atoms with Crippen molar-refractivity contribution in [1.82, 2.24) is 9.80 Å². The molecule has 0 saturated carbocycles. The fourth-order valence-electron chi connectivity index (χ4n) is 4.23. The van der Waals surface area contributed by atoms with Crippen molar-refractivity contribution in [3.05, 3.63) is 51.9 Å². The molecule has 7 heteroatoms. The summed E-state index contributed by atoms with van der Waals surface area (Å²) in [5.41, 5.74) is 2.73. The minimum absolute atomic E-state index is 0.153. The van der Waals surface area contributed by atoms with Crippen LogP contribution in [0.4, 0.5) is 0 Å². The number of aryl methyl sites for hydroxylation is 1. The van der Waals surface area contributed by atoms with Crippen LogP contribution in [-0.2, 0) is 6.54 Å². The van der Waals surface area contributed by atoms with Crippen molar-refractivity contribution in [3.8, 4) is 28.4 Å². The highest BCUT2D eigenvalue weighted by molar-refractivity contribution is 5.90. The highest BCUT2D eigenvalue weighted by atomic mass is 16.7. The molecule has 5 rings (SSSR count). The highest BCUT2D eigenvalue weighted by Gasteiger charge is 2.22. The van der Waals surface area contributed by atoms with Crippen molar-refractivity contribution in [1.29, 1.82) is 0 Å². The summed E-state index contributed by atoms with van der Waals surface area (Å²) < 4.78 is 16.6. The quantitative estimate of drug-likeness (QED) is 0.668. The Balaban J connectivity index is 1.59. The van der Waals surface area contributed by atoms with Crippen molar-refractivity contribution < 1.29 is 19.0 Å². The third-order valence-electron chi connectivity index (χ3n) is 6.05. The average molecular weight is 408 g/mol. The number of rotatable bonds is 3. The van der Waals surface area contributed by atoms with Gasteiger partial charge in [0, 0.05) is 38.1 Å². The van der Waals surface area contributed by atoms with Gasteiger partial charge in [0.2, 0.25) is 6.79 Å². The summed E-state index contributed by atoms with van der Waals surface area (Å²) in [5, 5.41) is 11.4. The van der Waals surface area contributed by atoms with Gasteiger partial charge in [-0.15, -0.1) is 0 Å². The lowest BCUT2D eigenvalue weighted by Crippen LogP contribution is -2.43. The summed E-state index contributed by atoms with van der Waals surface area (Å²) in [6, 6.07) is 8.94. The Labute approximate surface area is 174 Å². The second-order valence-corrected chi connectivity index (χ2v) is 7.98. The minimum Gasteiger partial charge on any atom is -0.507 e. The summed E-state index contributed by atoms with van der Waals surface area (Å²) in [6.07, 6.45) is 0. The SMILES string of the molecule is Cc1c(-c2ccc3c(c2)OCO3)c(=O)oc2c(CN3CCN(C)CC3)c(O)ccc12. The molecule has 1 fully saturated rings. The molecule has 0 atom stereocenters. The first kappa shape index (κ1) is 19.0. The number of phenolic OH excluding ortho intramolecular Hbond substituents is 1. The van der Waals surface area contributed by atoms with E-state index >= 15 is 0 Å². The van der Waals surface area contributed by atoms with Crippen molar-refractivity contribution in [2.75, 3.05) is 40.0 Å². The number of hydrogen-bond donors (Lipinski definition) is 1. The number of likely N-dealkylation sites (N-methyl/N-ethyl adjacent to an activating group) is 1. The predicted octanol–water partition coefficient (Wildman–Crippen LogP) is 2.95. The number of benzene rings is 2. The van der Waals surface area contributed by atoms with Crippen LogP contribution in [0.25, 0.3) is 22.1 Å². The third-order valence-corrected chi connectivity index (χ3v) is 6.05. The summed E-state index contributed by atoms with van der Waals surface area (Å²) in [7, 11) is 2.10. The molecule has 30 heavy (non-hydrogen) atoms. The highest BCUT2D eigenvalue weighted by Crippen LogP contribution is 2.38. The Morgan fingerprint density at radius 1 is 1.03 bits per heavy atom. The molecule has 3 aromatic rings. The van der Waals surface area contributed by atoms with Crippen molar-refractivity contribution in [3.63, 3.8) is 0 Å². The van der Waals surface area contributed by atoms with E-state index in [-0.39, 0.29) is 12.5 Å². The molecule has 1 N–H and O–H groups in total. The van der Waals surface area contributed by atoms with Gasteiger partial charge < -0.3 is 23.9 Å². The van der Waals surface area contributed by atoms with Gasteiger partial charge in [-0.05, 0) is 49.4 Å². The van der Waals surface area contributed by atoms with Gasteiger partial charge in [0.1, 0.15) is 11.3 Å². The van der Waals surface area contributed by atoms with E-state index < -0.39 is 5.63 Å². The van der Waals surface area contributed by atoms with Crippen molar-refractivity contribution >= 4 is 11.0 Å². The number of nitrogens with zero attached hydrogens (tertiary/aromatic N) is 2. The van der Waals surface area contributed by atoms with Crippen molar-refractivity contribution in [2.45, 2.75) is 13.5 Å². The zero-order chi connectivity index (χ0) is 20.8. The number of hydrogen-bond acceptors (Lipinski definition) is 7. The Hall–Kier alpha value is -3.03. The van der Waals surface area contributed by atoms with Gasteiger partial charge >= 0.3 is 5.63 Å². The molecule has 1 saturated heterocycles. The molecular formula is C23H24N2O5. The molecule has 0 aliphatic carbocycles. The van der Waals surface area contributed by atoms with Gasteiger partial charge in [-0.25, -0.2) is 4.79 Å². The normalized spacial score (nSPS) is 17.0. The molecule has 0 spiro atoms. The largest absolute Gasteiger partial charge is 0.507 e. The van der Waals surface area contributed by atoms with Crippen LogP contribution in [0.15, 0.2) is 39.5 Å². The molecule has 2 aromatic carbocycles. The van der Waals surface area contributed by atoms with Crippen LogP contribution >= 0.6 is 0 Å². The van der Waals surface area contributed by atoms with E-state index in [4.69, 9.17) is 13.9 Å². The Morgan fingerprint density at radius 3 is 2.60 bits per heavy atom. The minimum atomic E-state index is -0.427. The van der Waals surface area contributed by atoms with Gasteiger partial charge in [0.05, 0.1) is 11.1 Å². The third kappa shape index (κ3) is 3.20. The van der Waals surface area contributed by atoms with Gasteiger partial charge in [0.15, 0.2) is 11.5 Å². The van der Waals surface area contributed by atoms with Crippen molar-refractivity contribution in [2.24, 2.45) is 0 Å². The second kappa shape index (κ2) is 7.34. The molecule has 2 aliphatic rings. The van der Waals surface area contributed by atoms with Crippen LogP contribution in [0.1, 0.15) is 11.1 Å². The molecule has 156 valence electrons. The molecule has 3 heterocycles. The van der Waals surface area contributed by atoms with Crippen LogP contribution in [0, 0.1) is 6.92 Å². The topological polar surface area (TPSA) is 75.4 Å². The van der Waals surface area contributed by atoms with Crippen LogP contribution < -0.4 is 15.1 Å². The number of aromatic hydroxyl groups is 1. The molecule has 1 aromatic heterocycles. The molecular weight excluding hydrogens is 384 g/mol. The summed E-state index contributed by atoms with van der Waals surface area (Å²) >= 11 is 0. The van der Waals surface area contributed by atoms with E-state index in [0.717, 1.165) is 42.7 Å². The summed E-state index contributed by atoms with van der Waals surface area (Å²) in [4.78, 5) is 17.6. The molecule has 0 radical (unpaired) electrons. The number of phenols is 1. The lowest BCUT2D eigenvalue weighted by atomic mass is 9.97. The Kier molecular flexibility index (Phi) is 4.64. The maximum atomic E-state index is 13.0. The Morgan fingerprint density at radius 2 is 1.80 bits per heavy atom. The first-order valence-corrected chi connectivity index (χ1v) is 10.1. The fraction of sp³-hybridized carbons (Fsp3) is 0.348. The van der Waals surface area contributed by atoms with Gasteiger partial charge in [0.25, 0.3) is 0 Å². The van der Waals surface area contributed by atoms with Gasteiger partial charge in [-0.1, -0.05) is 6.07 Å². The zero-order valence-corrected chi connectivity index (χ0v) is 17.1. The van der Waals surface area contributed by atoms with Gasteiger partial charge in [-0.3, -0.25) is 4.90 Å². The molecule has 7 nitrogen and oxygen atoms in total. The first-order chi connectivity index (χ1) is 14.5. The lowest BCUT2D eigenvalue weighted by Gasteiger charge is -2.32. The monoisotopic (exact) mass is 408 g/mol. The first-order valence-electron chi connectivity index (χ1n) is 10.1. The van der Waals surface area contributed by atoms with E-state index in [2.05, 4.69) is 16.8 Å². The van der Waals surface area contributed by atoms with E-state index in [1.165, 1.54) is 0 Å². The maximum absolute atomic E-state index is 13.0. The average Bonchev–Trinajstić information content (AvgIpc) is 3.20. The standard InChI is InChI=1S/C23H24N2O5/c1-14-16-4-5-18(26)17(12-25-9-7-24(2)8-10-25)22(16)30-23(27)21(14)15-3-6-19-20(11-15)29-13-28-19/h3-6,11,26H,7-10,12-13H2,1-2H3. The predicted molar refractivity (Wildman–Crippen MR) is 113 cm³/mol. The summed E-state index contributed by atoms with van der Waals surface area (Å²) in [6.45, 7) is 6.40. The molecule has 0 bridgehead atoms. The zero-order valence-electron chi connectivity index (χ0n) is 17.1. The van der Waals surface area contributed by atoms with E-state index in [1.807, 2.05) is 19.1 Å². The van der Waals surface area contributed by atoms with E-state index in [0.29, 0.717) is 34.8 Å². The number of fused-ring (bicyclic) bond motifs is 2. The Bertz CT molecular complexity index is 1180. The van der Waals surface area contributed by atoms with E-state index in [9.17, 15) is 9.90 Å². The lowest BCUT2D eigenvalue weighted by molar-refractivity contribution is 0.147. The molecule has 0 amide bonds. The van der Waals surface area contributed by atoms with Gasteiger partial charge in [-0.2, -0.15) is 0 Å². The maximum Gasteiger partial charge on any atom is 0.344 e. The fourth-order valence-corrected chi connectivity index (χ4v) is 4.23. The van der Waals surface area contributed by atoms with Crippen LogP contribution in [0.5, 0.6) is 17.2 Å². The number of piperazine rings is 1. The van der Waals surface area contributed by atoms with Crippen LogP contribution in [0.3, 0.4) is 0 Å². The van der Waals surface area contributed by atoms with Crippen LogP contribution in [-0.4, -0.2) is 54.9 Å². The molecule has 2 aliphatic heterocycles. The second-order valence-electron chi connectivity index (χ2n) is 7.98. The van der Waals surface area contributed by atoms with Crippen LogP contribution in [0.2, 0.25) is 0 Å². The summed E-state index contributed by atoms with van der Waals surface area (Å²) in [5.74, 6) is 1.44.